The molecule has 0 aromatic heterocycles. The highest BCUT2D eigenvalue weighted by atomic mass is 16.5. The maximum atomic E-state index is 5.75. The first-order chi connectivity index (χ1) is 6.85. The first-order valence-corrected chi connectivity index (χ1v) is 5.02. The minimum atomic E-state index is 0.410. The molecule has 3 heteroatoms. The van der Waals surface area contributed by atoms with Crippen LogP contribution in [0.4, 0.5) is 0 Å². The second-order valence-electron chi connectivity index (χ2n) is 3.62. The monoisotopic (exact) mass is 192 g/mol. The number of rotatable bonds is 4. The lowest BCUT2D eigenvalue weighted by Gasteiger charge is -2.12. The number of benzene rings is 1. The van der Waals surface area contributed by atoms with Gasteiger partial charge in [0.1, 0.15) is 5.75 Å². The van der Waals surface area contributed by atoms with Crippen molar-refractivity contribution in [2.75, 3.05) is 0 Å². The minimum Gasteiger partial charge on any atom is -0.490 e. The maximum Gasteiger partial charge on any atom is 0.124 e. The van der Waals surface area contributed by atoms with Crippen LogP contribution in [0, 0.1) is 0 Å². The van der Waals surface area contributed by atoms with Crippen molar-refractivity contribution in [3.05, 3.63) is 29.3 Å². The Morgan fingerprint density at radius 1 is 1.21 bits per heavy atom. The molecule has 0 aliphatic heterocycles. The molecule has 1 aliphatic rings. The summed E-state index contributed by atoms with van der Waals surface area (Å²) in [6.07, 6.45) is 2.74. The lowest BCUT2D eigenvalue weighted by Crippen LogP contribution is -2.09. The van der Waals surface area contributed by atoms with E-state index >= 15 is 0 Å². The van der Waals surface area contributed by atoms with Crippen LogP contribution in [0.15, 0.2) is 18.2 Å². The van der Waals surface area contributed by atoms with Gasteiger partial charge in [0.15, 0.2) is 0 Å². The van der Waals surface area contributed by atoms with Gasteiger partial charge in [-0.15, -0.1) is 0 Å². The Labute approximate surface area is 84.0 Å². The second-order valence-corrected chi connectivity index (χ2v) is 3.62. The van der Waals surface area contributed by atoms with E-state index in [1.807, 2.05) is 18.2 Å². The van der Waals surface area contributed by atoms with E-state index in [0.717, 1.165) is 29.7 Å². The molecule has 76 valence electrons. The van der Waals surface area contributed by atoms with Crippen molar-refractivity contribution < 1.29 is 4.74 Å². The largest absolute Gasteiger partial charge is 0.490 e. The summed E-state index contributed by atoms with van der Waals surface area (Å²) in [6.45, 7) is 1.02. The molecular formula is C11H16N2O. The van der Waals surface area contributed by atoms with Crippen molar-refractivity contribution in [2.45, 2.75) is 32.0 Å². The van der Waals surface area contributed by atoms with E-state index in [1.165, 1.54) is 0 Å². The average Bonchev–Trinajstić information content (AvgIpc) is 3.01. The highest BCUT2D eigenvalue weighted by Gasteiger charge is 2.24. The molecule has 0 atom stereocenters. The maximum absolute atomic E-state index is 5.75. The fraction of sp³-hybridized carbons (Fsp3) is 0.455. The Morgan fingerprint density at radius 3 is 2.57 bits per heavy atom. The minimum absolute atomic E-state index is 0.410. The molecule has 1 aromatic rings. The summed E-state index contributed by atoms with van der Waals surface area (Å²) < 4.78 is 5.75. The first kappa shape index (κ1) is 9.49. The number of hydrogen-bond donors (Lipinski definition) is 2. The summed E-state index contributed by atoms with van der Waals surface area (Å²) in [4.78, 5) is 0. The quantitative estimate of drug-likeness (QED) is 0.752. The third-order valence-corrected chi connectivity index (χ3v) is 2.47. The molecule has 1 aliphatic carbocycles. The van der Waals surface area contributed by atoms with Crippen molar-refractivity contribution in [3.63, 3.8) is 0 Å². The Balaban J connectivity index is 2.26. The van der Waals surface area contributed by atoms with E-state index in [-0.39, 0.29) is 0 Å². The van der Waals surface area contributed by atoms with E-state index < -0.39 is 0 Å². The number of nitrogens with two attached hydrogens (primary N) is 2. The SMILES string of the molecule is NCc1cccc(OC2CC2)c1CN. The predicted octanol–water partition coefficient (Wildman–Crippen LogP) is 1.15. The summed E-state index contributed by atoms with van der Waals surface area (Å²) in [5, 5.41) is 0. The third-order valence-electron chi connectivity index (χ3n) is 2.47. The molecule has 14 heavy (non-hydrogen) atoms. The predicted molar refractivity (Wildman–Crippen MR) is 55.9 cm³/mol. The second kappa shape index (κ2) is 3.98. The van der Waals surface area contributed by atoms with Gasteiger partial charge >= 0.3 is 0 Å². The van der Waals surface area contributed by atoms with E-state index in [9.17, 15) is 0 Å². The van der Waals surface area contributed by atoms with Crippen LogP contribution in [0.2, 0.25) is 0 Å². The lowest BCUT2D eigenvalue weighted by atomic mass is 10.1. The van der Waals surface area contributed by atoms with Gasteiger partial charge in [0.2, 0.25) is 0 Å². The van der Waals surface area contributed by atoms with Crippen LogP contribution in [0.1, 0.15) is 24.0 Å². The molecule has 2 rings (SSSR count). The van der Waals surface area contributed by atoms with E-state index in [2.05, 4.69) is 0 Å². The molecule has 0 heterocycles. The van der Waals surface area contributed by atoms with Crippen LogP contribution in [0.3, 0.4) is 0 Å². The molecule has 1 aromatic carbocycles. The van der Waals surface area contributed by atoms with Crippen molar-refractivity contribution in [1.29, 1.82) is 0 Å². The van der Waals surface area contributed by atoms with E-state index in [0.29, 0.717) is 19.2 Å². The molecule has 0 saturated heterocycles. The van der Waals surface area contributed by atoms with Crippen LogP contribution in [0.5, 0.6) is 5.75 Å². The normalized spacial score (nSPS) is 15.6. The number of ether oxygens (including phenoxy) is 1. The van der Waals surface area contributed by atoms with Crippen LogP contribution >= 0.6 is 0 Å². The van der Waals surface area contributed by atoms with Crippen molar-refractivity contribution in [2.24, 2.45) is 11.5 Å². The fourth-order valence-electron chi connectivity index (χ4n) is 1.51. The van der Waals surface area contributed by atoms with Gasteiger partial charge < -0.3 is 16.2 Å². The molecule has 0 amide bonds. The molecule has 3 nitrogen and oxygen atoms in total. The highest BCUT2D eigenvalue weighted by molar-refractivity contribution is 5.40. The summed E-state index contributed by atoms with van der Waals surface area (Å²) in [6, 6.07) is 5.95. The van der Waals surface area contributed by atoms with E-state index in [1.54, 1.807) is 0 Å². The Morgan fingerprint density at radius 2 is 2.00 bits per heavy atom. The topological polar surface area (TPSA) is 61.3 Å². The summed E-state index contributed by atoms with van der Waals surface area (Å²) in [5.74, 6) is 0.915. The van der Waals surface area contributed by atoms with Gasteiger partial charge in [-0.2, -0.15) is 0 Å². The molecule has 0 spiro atoms. The van der Waals surface area contributed by atoms with Crippen molar-refractivity contribution >= 4 is 0 Å². The van der Waals surface area contributed by atoms with Gasteiger partial charge in [-0.1, -0.05) is 12.1 Å². The van der Waals surface area contributed by atoms with Gasteiger partial charge in [-0.05, 0) is 24.5 Å². The average molecular weight is 192 g/mol. The first-order valence-electron chi connectivity index (χ1n) is 5.02. The van der Waals surface area contributed by atoms with Gasteiger partial charge in [0.25, 0.3) is 0 Å². The molecule has 1 fully saturated rings. The van der Waals surface area contributed by atoms with Crippen LogP contribution in [0.25, 0.3) is 0 Å². The summed E-state index contributed by atoms with van der Waals surface area (Å²) in [5.41, 5.74) is 13.5. The van der Waals surface area contributed by atoms with Crippen molar-refractivity contribution in [1.82, 2.24) is 0 Å². The van der Waals surface area contributed by atoms with Gasteiger partial charge in [-0.25, -0.2) is 0 Å². The van der Waals surface area contributed by atoms with E-state index in [4.69, 9.17) is 16.2 Å². The zero-order chi connectivity index (χ0) is 9.97. The lowest BCUT2D eigenvalue weighted by molar-refractivity contribution is 0.299. The third kappa shape index (κ3) is 1.89. The van der Waals surface area contributed by atoms with Gasteiger partial charge in [-0.3, -0.25) is 0 Å². The molecular weight excluding hydrogens is 176 g/mol. The highest BCUT2D eigenvalue weighted by Crippen LogP contribution is 2.30. The molecule has 0 unspecified atom stereocenters. The zero-order valence-corrected chi connectivity index (χ0v) is 8.20. The Hall–Kier alpha value is -1.06. The standard InChI is InChI=1S/C11H16N2O/c12-6-8-2-1-3-11(10(8)7-13)14-9-4-5-9/h1-3,9H,4-7,12-13H2. The molecule has 4 N–H and O–H groups in total. The van der Waals surface area contributed by atoms with Gasteiger partial charge in [0.05, 0.1) is 6.10 Å². The van der Waals surface area contributed by atoms with Crippen LogP contribution in [-0.4, -0.2) is 6.10 Å². The van der Waals surface area contributed by atoms with Crippen LogP contribution < -0.4 is 16.2 Å². The van der Waals surface area contributed by atoms with Crippen molar-refractivity contribution in [3.8, 4) is 5.75 Å². The smallest absolute Gasteiger partial charge is 0.124 e. The summed E-state index contributed by atoms with van der Waals surface area (Å²) >= 11 is 0. The van der Waals surface area contributed by atoms with Crippen LogP contribution in [-0.2, 0) is 13.1 Å². The zero-order valence-electron chi connectivity index (χ0n) is 8.20. The Kier molecular flexibility index (Phi) is 2.70. The molecule has 1 saturated carbocycles. The number of hydrogen-bond acceptors (Lipinski definition) is 3. The fourth-order valence-corrected chi connectivity index (χ4v) is 1.51. The van der Waals surface area contributed by atoms with Gasteiger partial charge in [0, 0.05) is 18.7 Å². The molecule has 0 radical (unpaired) electrons. The summed E-state index contributed by atoms with van der Waals surface area (Å²) in [7, 11) is 0. The Bertz CT molecular complexity index is 321. The molecule has 0 bridgehead atoms.